The minimum Gasteiger partial charge on any atom is -0.392 e. The molecule has 0 atom stereocenters. The molecule has 0 unspecified atom stereocenters. The predicted octanol–water partition coefficient (Wildman–Crippen LogP) is 5.01. The van der Waals surface area contributed by atoms with E-state index in [9.17, 15) is 26.3 Å². The van der Waals surface area contributed by atoms with Gasteiger partial charge in [0.25, 0.3) is 0 Å². The molecule has 0 saturated heterocycles. The number of aryl methyl sites for hydroxylation is 2. The summed E-state index contributed by atoms with van der Waals surface area (Å²) in [6.45, 7) is 1.98. The van der Waals surface area contributed by atoms with Crippen molar-refractivity contribution < 1.29 is 36.6 Å². The molecule has 0 spiro atoms. The molecule has 0 bridgehead atoms. The zero-order valence-electron chi connectivity index (χ0n) is 14.0. The average Bonchev–Trinajstić information content (AvgIpc) is 2.54. The maximum Gasteiger partial charge on any atom is 0.416 e. The molecular weight excluding hydrogens is 362 g/mol. The van der Waals surface area contributed by atoms with Crippen LogP contribution in [0.25, 0.3) is 0 Å². The highest BCUT2D eigenvalue weighted by Gasteiger charge is 2.33. The van der Waals surface area contributed by atoms with Crippen molar-refractivity contribution in [2.75, 3.05) is 0 Å². The summed E-state index contributed by atoms with van der Waals surface area (Å²) in [4.78, 5) is 0. The summed E-state index contributed by atoms with van der Waals surface area (Å²) < 4.78 is 73.8. The molecule has 26 heavy (non-hydrogen) atoms. The van der Waals surface area contributed by atoms with Crippen molar-refractivity contribution in [3.63, 3.8) is 0 Å². The number of halogens is 6. The maximum atomic E-state index is 12.3. The van der Waals surface area contributed by atoms with Gasteiger partial charge in [-0.3, -0.25) is 0 Å². The van der Waals surface area contributed by atoms with E-state index in [1.54, 1.807) is 26.0 Å². The standard InChI is InChI=1S/2C9H9F3O/c2*1-6-2-3-7(5-13)8(4-6)9(10,11)12/h2*2-4,13H,5H2,1H3. The van der Waals surface area contributed by atoms with E-state index in [4.69, 9.17) is 10.2 Å². The van der Waals surface area contributed by atoms with Crippen LogP contribution in [0.15, 0.2) is 36.4 Å². The van der Waals surface area contributed by atoms with Crippen LogP contribution in [0.5, 0.6) is 0 Å². The van der Waals surface area contributed by atoms with E-state index in [0.717, 1.165) is 12.1 Å². The summed E-state index contributed by atoms with van der Waals surface area (Å²) >= 11 is 0. The van der Waals surface area contributed by atoms with Gasteiger partial charge in [0.1, 0.15) is 0 Å². The summed E-state index contributed by atoms with van der Waals surface area (Å²) in [7, 11) is 0. The van der Waals surface area contributed by atoms with Crippen LogP contribution >= 0.6 is 0 Å². The second kappa shape index (κ2) is 8.55. The lowest BCUT2D eigenvalue weighted by molar-refractivity contribution is -0.139. The normalized spacial score (nSPS) is 11.8. The van der Waals surface area contributed by atoms with Gasteiger partial charge in [0, 0.05) is 0 Å². The number of alkyl halides is 6. The van der Waals surface area contributed by atoms with Gasteiger partial charge in [-0.25, -0.2) is 0 Å². The fourth-order valence-electron chi connectivity index (χ4n) is 2.18. The Kier molecular flexibility index (Phi) is 7.23. The number of aliphatic hydroxyl groups excluding tert-OH is 2. The van der Waals surface area contributed by atoms with Crippen LogP contribution in [0, 0.1) is 13.8 Å². The first-order valence-corrected chi connectivity index (χ1v) is 7.45. The molecule has 0 aliphatic carbocycles. The zero-order chi connectivity index (χ0) is 20.1. The Morgan fingerprint density at radius 1 is 0.654 bits per heavy atom. The lowest BCUT2D eigenvalue weighted by Crippen LogP contribution is -2.09. The molecule has 0 aromatic heterocycles. The number of aliphatic hydroxyl groups is 2. The third kappa shape index (κ3) is 6.03. The van der Waals surface area contributed by atoms with Crippen LogP contribution in [0.2, 0.25) is 0 Å². The largest absolute Gasteiger partial charge is 0.416 e. The Labute approximate surface area is 146 Å². The van der Waals surface area contributed by atoms with Crippen molar-refractivity contribution in [3.05, 3.63) is 69.8 Å². The first kappa shape index (κ1) is 22.0. The second-order valence-corrected chi connectivity index (χ2v) is 5.63. The number of rotatable bonds is 2. The number of benzene rings is 2. The van der Waals surface area contributed by atoms with Crippen LogP contribution in [0.3, 0.4) is 0 Å². The van der Waals surface area contributed by atoms with Crippen molar-refractivity contribution >= 4 is 0 Å². The Morgan fingerprint density at radius 2 is 0.962 bits per heavy atom. The van der Waals surface area contributed by atoms with Crippen LogP contribution in [0.1, 0.15) is 33.4 Å². The fourth-order valence-corrected chi connectivity index (χ4v) is 2.18. The molecule has 2 nitrogen and oxygen atoms in total. The van der Waals surface area contributed by atoms with Gasteiger partial charge in [0.15, 0.2) is 0 Å². The summed E-state index contributed by atoms with van der Waals surface area (Å²) in [6.07, 6.45) is -8.77. The molecule has 0 heterocycles. The molecule has 144 valence electrons. The van der Waals surface area contributed by atoms with E-state index < -0.39 is 36.7 Å². The summed E-state index contributed by atoms with van der Waals surface area (Å²) in [5.74, 6) is 0. The highest BCUT2D eigenvalue weighted by Crippen LogP contribution is 2.33. The first-order chi connectivity index (χ1) is 11.9. The second-order valence-electron chi connectivity index (χ2n) is 5.63. The Hall–Kier alpha value is -2.06. The van der Waals surface area contributed by atoms with Crippen LogP contribution in [0.4, 0.5) is 26.3 Å². The third-order valence-electron chi connectivity index (χ3n) is 3.48. The van der Waals surface area contributed by atoms with Crippen LogP contribution < -0.4 is 0 Å². The Balaban J connectivity index is 0.000000260. The quantitative estimate of drug-likeness (QED) is 0.719. The molecule has 0 amide bonds. The van der Waals surface area contributed by atoms with Crippen molar-refractivity contribution in [3.8, 4) is 0 Å². The third-order valence-corrected chi connectivity index (χ3v) is 3.48. The van der Waals surface area contributed by atoms with E-state index in [1.807, 2.05) is 0 Å². The molecule has 0 fully saturated rings. The van der Waals surface area contributed by atoms with Gasteiger partial charge in [-0.15, -0.1) is 0 Å². The average molecular weight is 380 g/mol. The lowest BCUT2D eigenvalue weighted by Gasteiger charge is -2.11. The number of hydrogen-bond acceptors (Lipinski definition) is 2. The van der Waals surface area contributed by atoms with Crippen molar-refractivity contribution in [1.29, 1.82) is 0 Å². The summed E-state index contributed by atoms with van der Waals surface area (Å²) in [5, 5.41) is 17.3. The van der Waals surface area contributed by atoms with Crippen molar-refractivity contribution in [2.45, 2.75) is 39.4 Å². The van der Waals surface area contributed by atoms with E-state index in [0.29, 0.717) is 11.1 Å². The molecule has 0 radical (unpaired) electrons. The molecular formula is C18H18F6O2. The zero-order valence-corrected chi connectivity index (χ0v) is 14.0. The monoisotopic (exact) mass is 380 g/mol. The lowest BCUT2D eigenvalue weighted by atomic mass is 10.0. The van der Waals surface area contributed by atoms with Gasteiger partial charge in [-0.2, -0.15) is 26.3 Å². The van der Waals surface area contributed by atoms with Gasteiger partial charge in [-0.1, -0.05) is 35.4 Å². The van der Waals surface area contributed by atoms with Crippen molar-refractivity contribution in [1.82, 2.24) is 0 Å². The van der Waals surface area contributed by atoms with Gasteiger partial charge >= 0.3 is 12.4 Å². The highest BCUT2D eigenvalue weighted by atomic mass is 19.4. The van der Waals surface area contributed by atoms with Crippen molar-refractivity contribution in [2.24, 2.45) is 0 Å². The highest BCUT2D eigenvalue weighted by molar-refractivity contribution is 5.34. The molecule has 0 saturated carbocycles. The molecule has 2 N–H and O–H groups in total. The van der Waals surface area contributed by atoms with E-state index in [-0.39, 0.29) is 11.1 Å². The Bertz CT molecular complexity index is 672. The number of hydrogen-bond donors (Lipinski definition) is 2. The van der Waals surface area contributed by atoms with Crippen LogP contribution in [-0.4, -0.2) is 10.2 Å². The molecule has 8 heteroatoms. The molecule has 0 aliphatic heterocycles. The SMILES string of the molecule is Cc1ccc(CO)c(C(F)(F)F)c1.Cc1ccc(CO)c(C(F)(F)F)c1. The predicted molar refractivity (Wildman–Crippen MR) is 84.2 cm³/mol. The van der Waals surface area contributed by atoms with E-state index in [2.05, 4.69) is 0 Å². The molecule has 2 aromatic rings. The fraction of sp³-hybridized carbons (Fsp3) is 0.333. The molecule has 0 aliphatic rings. The Morgan fingerprint density at radius 3 is 1.19 bits per heavy atom. The smallest absolute Gasteiger partial charge is 0.392 e. The minimum absolute atomic E-state index is 0.0851. The van der Waals surface area contributed by atoms with E-state index >= 15 is 0 Å². The van der Waals surface area contributed by atoms with Crippen LogP contribution in [-0.2, 0) is 25.6 Å². The molecule has 2 rings (SSSR count). The van der Waals surface area contributed by atoms with Gasteiger partial charge in [0.05, 0.1) is 24.3 Å². The molecule has 2 aromatic carbocycles. The minimum atomic E-state index is -4.38. The maximum absolute atomic E-state index is 12.3. The van der Waals surface area contributed by atoms with E-state index in [1.165, 1.54) is 12.1 Å². The summed E-state index contributed by atoms with van der Waals surface area (Å²) in [5.41, 5.74) is -0.616. The summed E-state index contributed by atoms with van der Waals surface area (Å²) in [6, 6.07) is 7.73. The van der Waals surface area contributed by atoms with Gasteiger partial charge < -0.3 is 10.2 Å². The van der Waals surface area contributed by atoms with Gasteiger partial charge in [-0.05, 0) is 37.1 Å². The topological polar surface area (TPSA) is 40.5 Å². The first-order valence-electron chi connectivity index (χ1n) is 7.45. The van der Waals surface area contributed by atoms with Gasteiger partial charge in [0.2, 0.25) is 0 Å².